The van der Waals surface area contributed by atoms with Crippen molar-refractivity contribution in [3.8, 4) is 0 Å². The van der Waals surface area contributed by atoms with Gasteiger partial charge in [0, 0.05) is 120 Å². The smallest absolute Gasteiger partial charge is 0.300 e. The molecule has 8 heterocycles. The Morgan fingerprint density at radius 2 is 0.922 bits per heavy atom. The van der Waals surface area contributed by atoms with E-state index in [0.717, 1.165) is 75.2 Å². The van der Waals surface area contributed by atoms with E-state index >= 15 is 0 Å². The van der Waals surface area contributed by atoms with Gasteiger partial charge in [0.15, 0.2) is 0 Å². The molecule has 0 atom stereocenters. The number of carbonyl (C=O) groups is 7. The normalized spacial score (nSPS) is 12.4. The summed E-state index contributed by atoms with van der Waals surface area (Å²) in [6, 6.07) is 22.9. The quantitative estimate of drug-likeness (QED) is 0.0642. The second-order valence-corrected chi connectivity index (χ2v) is 13.7. The molecule has 3 aromatic carbocycles. The molecule has 4 amide bonds. The van der Waals surface area contributed by atoms with E-state index in [1.807, 2.05) is 66.7 Å². The van der Waals surface area contributed by atoms with Crippen LogP contribution in [0.15, 0.2) is 97.6 Å². The molecule has 0 radical (unpaired) electrons. The topological polar surface area (TPSA) is 293 Å². The first-order chi connectivity index (χ1) is 29.7. The van der Waals surface area contributed by atoms with Crippen LogP contribution in [0, 0.1) is 0 Å². The monoisotopic (exact) mass is 956 g/mol. The van der Waals surface area contributed by atoms with Gasteiger partial charge in [-0.3, -0.25) is 44.2 Å². The molecular weight excluding hydrogens is 919 g/mol. The van der Waals surface area contributed by atoms with Crippen LogP contribution in [-0.2, 0) is 44.4 Å². The second kappa shape index (κ2) is 19.2. The summed E-state index contributed by atoms with van der Waals surface area (Å²) in [4.78, 5) is 98.7. The number of hydrogen-bond acceptors (Lipinski definition) is 9. The van der Waals surface area contributed by atoms with E-state index in [2.05, 4.69) is 40.5 Å². The minimum absolute atomic E-state index is 0. The number of aromatic nitrogens is 6. The fraction of sp³-hybridized carbons (Fsp3) is 0.0889. The fourth-order valence-electron chi connectivity index (χ4n) is 7.40. The van der Waals surface area contributed by atoms with Crippen molar-refractivity contribution in [2.45, 2.75) is 28.2 Å². The average Bonchev–Trinajstić information content (AvgIpc) is 4.07. The summed E-state index contributed by atoms with van der Waals surface area (Å²) in [5, 5.41) is 32.1. The molecule has 2 aliphatic rings. The maximum Gasteiger partial charge on any atom is 0.300 e. The van der Waals surface area contributed by atoms with Gasteiger partial charge in [-0.15, -0.1) is 0 Å². The van der Waals surface area contributed by atoms with E-state index < -0.39 is 23.8 Å². The van der Waals surface area contributed by atoms with Crippen molar-refractivity contribution in [2.75, 3.05) is 0 Å². The van der Waals surface area contributed by atoms with E-state index in [1.165, 1.54) is 0 Å². The Hall–Kier alpha value is -8.27. The number of aliphatic carboxylic acids is 3. The molecule has 0 fully saturated rings. The number of benzene rings is 3. The summed E-state index contributed by atoms with van der Waals surface area (Å²) in [6.45, 7) is 3.25. The zero-order valence-electron chi connectivity index (χ0n) is 33.1. The van der Waals surface area contributed by atoms with E-state index in [4.69, 9.17) is 29.7 Å². The summed E-state index contributed by atoms with van der Waals surface area (Å²) >= 11 is 0. The number of carboxylic acid groups (broad SMARTS) is 3. The standard InChI is InChI=1S/C19H10N4O2.C19H12N4O2.3C2H4O2.CH4.Pd/c24-18-13-11-8-4-1-2-6-10(8)21-15(11)16-12(14(13)19(25)23-18)9-5-3-7-20-17(9)22-16;24-18-15(12-8-21-14-6-2-1-4-10(12)14)16(19(25)23-18)13-9-22-17-11(13)5-3-7-20-17;3*1-2(3)4;;/h1-7,21H,(H,20,22)(H,23,24,25);1-9,21H,(H,20,22)(H,23,24,25);3*1H3,(H,3,4);1H4;. The zero-order valence-corrected chi connectivity index (χ0v) is 34.7. The number of rotatable bonds is 2. The Kier molecular flexibility index (Phi) is 14.0. The predicted molar refractivity (Wildman–Crippen MR) is 236 cm³/mol. The van der Waals surface area contributed by atoms with Gasteiger partial charge in [0.1, 0.15) is 11.3 Å². The Morgan fingerprint density at radius 3 is 1.52 bits per heavy atom. The number of H-pyrrole nitrogens is 4. The molecule has 0 saturated heterocycles. The molecular formula is C45H38N8O10Pd. The fourth-order valence-corrected chi connectivity index (χ4v) is 7.40. The van der Waals surface area contributed by atoms with Gasteiger partial charge in [0.05, 0.1) is 33.3 Å². The molecule has 18 nitrogen and oxygen atoms in total. The van der Waals surface area contributed by atoms with Gasteiger partial charge in [-0.2, -0.15) is 0 Å². The minimum atomic E-state index is -0.833. The Balaban J connectivity index is 0.000000188. The summed E-state index contributed by atoms with van der Waals surface area (Å²) in [5.41, 5.74) is 7.82. The number of amides is 4. The van der Waals surface area contributed by atoms with Crippen LogP contribution in [0.3, 0.4) is 0 Å². The van der Waals surface area contributed by atoms with Crippen LogP contribution in [0.25, 0.3) is 76.8 Å². The van der Waals surface area contributed by atoms with Crippen LogP contribution in [0.5, 0.6) is 0 Å². The molecule has 0 aliphatic carbocycles. The Labute approximate surface area is 374 Å². The number of nitrogens with zero attached hydrogens (tertiary/aromatic N) is 2. The number of carboxylic acids is 3. The van der Waals surface area contributed by atoms with Crippen LogP contribution < -0.4 is 10.6 Å². The maximum absolute atomic E-state index is 12.6. The van der Waals surface area contributed by atoms with Gasteiger partial charge in [-0.1, -0.05) is 43.8 Å². The predicted octanol–water partition coefficient (Wildman–Crippen LogP) is 6.75. The maximum atomic E-state index is 12.6. The van der Waals surface area contributed by atoms with Gasteiger partial charge in [-0.05, 0) is 36.4 Å². The number of aromatic amines is 4. The molecule has 0 unspecified atom stereocenters. The molecule has 9 aromatic rings. The molecule has 19 heteroatoms. The number of para-hydroxylation sites is 2. The molecule has 9 N–H and O–H groups in total. The van der Waals surface area contributed by atoms with Crippen molar-refractivity contribution < 1.29 is 69.3 Å². The number of carbonyl (C=O) groups excluding carboxylic acids is 4. The van der Waals surface area contributed by atoms with Gasteiger partial charge in [-0.25, -0.2) is 9.97 Å². The van der Waals surface area contributed by atoms with E-state index in [0.29, 0.717) is 44.7 Å². The second-order valence-electron chi connectivity index (χ2n) is 13.7. The number of fused-ring (bicyclic) bond motifs is 12. The van der Waals surface area contributed by atoms with Crippen molar-refractivity contribution in [3.63, 3.8) is 0 Å². The average molecular weight is 957 g/mol. The first kappa shape index (κ1) is 46.8. The largest absolute Gasteiger partial charge is 0.481 e. The van der Waals surface area contributed by atoms with Crippen LogP contribution in [-0.4, -0.2) is 86.8 Å². The first-order valence-electron chi connectivity index (χ1n) is 18.5. The molecule has 0 bridgehead atoms. The SMILES string of the molecule is C.CC(=O)O.CC(=O)O.CC(=O)O.O=C1NC(=O)C(c2c[nH]c3ncccc23)=C1c1c[nH]c2ccccc12.O=C1NC(=O)c2c1c1c3ccccc3[nH]c1c1[nH]c3ncccc3c21.[Pd]. The van der Waals surface area contributed by atoms with Crippen molar-refractivity contribution in [3.05, 3.63) is 120 Å². The van der Waals surface area contributed by atoms with Crippen molar-refractivity contribution in [1.29, 1.82) is 0 Å². The Morgan fingerprint density at radius 1 is 0.500 bits per heavy atom. The third-order valence-electron chi connectivity index (χ3n) is 9.47. The summed E-state index contributed by atoms with van der Waals surface area (Å²) in [6.07, 6.45) is 6.87. The number of nitrogens with one attached hydrogen (secondary N) is 6. The minimum Gasteiger partial charge on any atom is -0.481 e. The molecule has 328 valence electrons. The van der Waals surface area contributed by atoms with E-state index in [1.54, 1.807) is 30.9 Å². The van der Waals surface area contributed by atoms with Crippen LogP contribution >= 0.6 is 0 Å². The van der Waals surface area contributed by atoms with Gasteiger partial charge in [0.2, 0.25) is 0 Å². The third kappa shape index (κ3) is 8.88. The molecule has 6 aromatic heterocycles. The Bertz CT molecular complexity index is 3130. The van der Waals surface area contributed by atoms with Gasteiger partial charge in [0.25, 0.3) is 41.5 Å². The first-order valence-corrected chi connectivity index (χ1v) is 18.5. The van der Waals surface area contributed by atoms with Crippen LogP contribution in [0.4, 0.5) is 0 Å². The van der Waals surface area contributed by atoms with E-state index in [-0.39, 0.29) is 45.6 Å². The summed E-state index contributed by atoms with van der Waals surface area (Å²) in [5.74, 6) is -3.99. The van der Waals surface area contributed by atoms with Crippen LogP contribution in [0.2, 0.25) is 0 Å². The zero-order chi connectivity index (χ0) is 44.4. The molecule has 0 saturated carbocycles. The van der Waals surface area contributed by atoms with Crippen molar-refractivity contribution in [2.24, 2.45) is 0 Å². The van der Waals surface area contributed by atoms with Crippen molar-refractivity contribution in [1.82, 2.24) is 40.5 Å². The van der Waals surface area contributed by atoms with Crippen LogP contribution in [0.1, 0.15) is 60.0 Å². The summed E-state index contributed by atoms with van der Waals surface area (Å²) < 4.78 is 0. The van der Waals surface area contributed by atoms with E-state index in [9.17, 15) is 19.2 Å². The summed E-state index contributed by atoms with van der Waals surface area (Å²) in [7, 11) is 0. The molecule has 2 aliphatic heterocycles. The molecule has 64 heavy (non-hydrogen) atoms. The number of pyridine rings is 2. The number of imide groups is 2. The molecule has 0 spiro atoms. The van der Waals surface area contributed by atoms with Gasteiger partial charge >= 0.3 is 0 Å². The third-order valence-corrected chi connectivity index (χ3v) is 9.47. The van der Waals surface area contributed by atoms with Gasteiger partial charge < -0.3 is 35.3 Å². The molecule has 11 rings (SSSR count). The number of hydrogen-bond donors (Lipinski definition) is 9. The van der Waals surface area contributed by atoms with Crippen molar-refractivity contribution >= 4 is 118 Å².